The molecular formula is C8H9NaO3S. The molecule has 0 aliphatic rings. The molecule has 1 aromatic rings. The minimum atomic E-state index is 0. The van der Waals surface area contributed by atoms with Gasteiger partial charge in [0.25, 0.3) is 0 Å². The summed E-state index contributed by atoms with van der Waals surface area (Å²) in [5.41, 5.74) is 1.14. The zero-order valence-electron chi connectivity index (χ0n) is 7.65. The minimum absolute atomic E-state index is 0. The van der Waals surface area contributed by atoms with Gasteiger partial charge in [0.15, 0.2) is 0 Å². The van der Waals surface area contributed by atoms with Gasteiger partial charge in [0.05, 0.1) is 12.0 Å². The maximum absolute atomic E-state index is 9.56. The number of benzene rings is 1. The first-order chi connectivity index (χ1) is 5.88. The maximum Gasteiger partial charge on any atom is 1.00 e. The number of rotatable bonds is 4. The third-order valence-electron chi connectivity index (χ3n) is 1.51. The first kappa shape index (κ1) is 13.4. The van der Waals surface area contributed by atoms with E-state index in [1.165, 1.54) is 0 Å². The van der Waals surface area contributed by atoms with Gasteiger partial charge in [-0.15, -0.1) is 0 Å². The van der Waals surface area contributed by atoms with E-state index >= 15 is 0 Å². The summed E-state index contributed by atoms with van der Waals surface area (Å²) >= 11 is 0.937. The Hall–Kier alpha value is 0.450. The smallest absolute Gasteiger partial charge is 0.691 e. The van der Waals surface area contributed by atoms with Gasteiger partial charge in [-0.2, -0.15) is 4.33 Å². The van der Waals surface area contributed by atoms with Crippen LogP contribution in [0, 0.1) is 0 Å². The van der Waals surface area contributed by atoms with E-state index in [0.29, 0.717) is 0 Å². The standard InChI is InChI=1S/C8H10O3S.Na/c1-2-7-5-3-4-6-8(7)12-11-10-9;/h3-6,9H,2H2,1H3;/q;+1/p-1. The minimum Gasteiger partial charge on any atom is -0.691 e. The molecule has 0 saturated carbocycles. The molecule has 0 saturated heterocycles. The van der Waals surface area contributed by atoms with Crippen LogP contribution in [0.4, 0.5) is 0 Å². The van der Waals surface area contributed by atoms with Crippen molar-refractivity contribution in [3.63, 3.8) is 0 Å². The topological polar surface area (TPSA) is 41.5 Å². The molecule has 3 nitrogen and oxygen atoms in total. The molecule has 66 valence electrons. The summed E-state index contributed by atoms with van der Waals surface area (Å²) in [5, 5.41) is 12.8. The first-order valence-corrected chi connectivity index (χ1v) is 4.33. The van der Waals surface area contributed by atoms with Gasteiger partial charge in [-0.3, -0.25) is 5.04 Å². The van der Waals surface area contributed by atoms with Crippen LogP contribution in [0.2, 0.25) is 0 Å². The van der Waals surface area contributed by atoms with Gasteiger partial charge >= 0.3 is 29.6 Å². The molecule has 0 aliphatic carbocycles. The molecular weight excluding hydrogens is 199 g/mol. The molecule has 1 rings (SSSR count). The fraction of sp³-hybridized carbons (Fsp3) is 0.250. The van der Waals surface area contributed by atoms with E-state index in [9.17, 15) is 5.26 Å². The summed E-state index contributed by atoms with van der Waals surface area (Å²) in [6.07, 6.45) is 0.908. The Kier molecular flexibility index (Phi) is 8.09. The van der Waals surface area contributed by atoms with Gasteiger partial charge in [-0.05, 0) is 18.1 Å². The summed E-state index contributed by atoms with van der Waals surface area (Å²) in [5.74, 6) is 0. The second kappa shape index (κ2) is 7.82. The van der Waals surface area contributed by atoms with Crippen molar-refractivity contribution in [2.45, 2.75) is 18.2 Å². The molecule has 0 amide bonds. The van der Waals surface area contributed by atoms with Gasteiger partial charge in [-0.25, -0.2) is 0 Å². The maximum atomic E-state index is 9.56. The molecule has 0 heterocycles. The van der Waals surface area contributed by atoms with Crippen molar-refractivity contribution < 1.29 is 44.2 Å². The van der Waals surface area contributed by atoms with Crippen molar-refractivity contribution in [1.29, 1.82) is 0 Å². The van der Waals surface area contributed by atoms with E-state index in [1.807, 2.05) is 31.2 Å². The fourth-order valence-corrected chi connectivity index (χ4v) is 1.48. The predicted octanol–water partition coefficient (Wildman–Crippen LogP) is -1.52. The summed E-state index contributed by atoms with van der Waals surface area (Å²) in [7, 11) is 0. The van der Waals surface area contributed by atoms with E-state index in [0.717, 1.165) is 28.9 Å². The molecule has 0 unspecified atom stereocenters. The molecule has 13 heavy (non-hydrogen) atoms. The van der Waals surface area contributed by atoms with Crippen molar-refractivity contribution in [1.82, 2.24) is 0 Å². The third-order valence-corrected chi connectivity index (χ3v) is 2.21. The Morgan fingerprint density at radius 2 is 2.08 bits per heavy atom. The van der Waals surface area contributed by atoms with Gasteiger partial charge in [0.2, 0.25) is 0 Å². The first-order valence-electron chi connectivity index (χ1n) is 3.59. The van der Waals surface area contributed by atoms with E-state index in [1.54, 1.807) is 0 Å². The molecule has 0 spiro atoms. The summed E-state index contributed by atoms with van der Waals surface area (Å²) in [6, 6.07) is 7.69. The molecule has 0 bridgehead atoms. The zero-order valence-corrected chi connectivity index (χ0v) is 10.5. The Labute approximate surface area is 104 Å². The molecule has 0 fully saturated rings. The Balaban J connectivity index is 0.00000144. The number of hydrogen-bond donors (Lipinski definition) is 0. The quantitative estimate of drug-likeness (QED) is 0.261. The van der Waals surface area contributed by atoms with Crippen LogP contribution in [-0.2, 0) is 15.8 Å². The molecule has 0 radical (unpaired) electrons. The molecule has 5 heteroatoms. The van der Waals surface area contributed by atoms with Crippen molar-refractivity contribution in [3.05, 3.63) is 29.8 Å². The van der Waals surface area contributed by atoms with E-state index in [4.69, 9.17) is 0 Å². The van der Waals surface area contributed by atoms with Gasteiger partial charge in [-0.1, -0.05) is 25.1 Å². The summed E-state index contributed by atoms with van der Waals surface area (Å²) in [4.78, 5) is 0.913. The Morgan fingerprint density at radius 1 is 1.38 bits per heavy atom. The Morgan fingerprint density at radius 3 is 2.69 bits per heavy atom. The fourth-order valence-electron chi connectivity index (χ4n) is 0.928. The van der Waals surface area contributed by atoms with Crippen LogP contribution >= 0.6 is 12.0 Å². The van der Waals surface area contributed by atoms with E-state index < -0.39 is 0 Å². The second-order valence-corrected chi connectivity index (χ2v) is 2.92. The number of aryl methyl sites for hydroxylation is 1. The summed E-state index contributed by atoms with van der Waals surface area (Å²) < 4.78 is 4.22. The van der Waals surface area contributed by atoms with Crippen molar-refractivity contribution in [2.24, 2.45) is 0 Å². The Bertz CT molecular complexity index is 245. The predicted molar refractivity (Wildman–Crippen MR) is 43.8 cm³/mol. The van der Waals surface area contributed by atoms with Crippen molar-refractivity contribution >= 4 is 12.0 Å². The zero-order chi connectivity index (χ0) is 8.81. The summed E-state index contributed by atoms with van der Waals surface area (Å²) in [6.45, 7) is 2.04. The van der Waals surface area contributed by atoms with Crippen LogP contribution in [0.15, 0.2) is 29.2 Å². The van der Waals surface area contributed by atoms with Crippen LogP contribution in [0.5, 0.6) is 0 Å². The van der Waals surface area contributed by atoms with Crippen LogP contribution < -0.4 is 34.8 Å². The average molecular weight is 208 g/mol. The van der Waals surface area contributed by atoms with Crippen molar-refractivity contribution in [3.8, 4) is 0 Å². The van der Waals surface area contributed by atoms with Crippen LogP contribution in [0.25, 0.3) is 0 Å². The molecule has 0 N–H and O–H groups in total. The number of hydrogen-bond acceptors (Lipinski definition) is 4. The molecule has 0 aromatic heterocycles. The third kappa shape index (κ3) is 4.46. The SMILES string of the molecule is CCc1ccccc1SOO[O-].[Na+]. The molecule has 0 aliphatic heterocycles. The van der Waals surface area contributed by atoms with Gasteiger partial charge < -0.3 is 5.26 Å². The van der Waals surface area contributed by atoms with Gasteiger partial charge in [0.1, 0.15) is 0 Å². The van der Waals surface area contributed by atoms with E-state index in [2.05, 4.69) is 9.37 Å². The van der Waals surface area contributed by atoms with E-state index in [-0.39, 0.29) is 29.6 Å². The normalized spacial score (nSPS) is 9.38. The van der Waals surface area contributed by atoms with Crippen molar-refractivity contribution in [2.75, 3.05) is 0 Å². The van der Waals surface area contributed by atoms with Crippen LogP contribution in [-0.4, -0.2) is 0 Å². The average Bonchev–Trinajstić information content (AvgIpc) is 2.15. The molecule has 1 aromatic carbocycles. The van der Waals surface area contributed by atoms with Gasteiger partial charge in [0, 0.05) is 4.90 Å². The van der Waals surface area contributed by atoms with Crippen LogP contribution in [0.3, 0.4) is 0 Å². The van der Waals surface area contributed by atoms with Crippen LogP contribution in [0.1, 0.15) is 12.5 Å². The largest absolute Gasteiger partial charge is 1.00 e. The molecule has 0 atom stereocenters. The monoisotopic (exact) mass is 208 g/mol. The second-order valence-electron chi connectivity index (χ2n) is 2.18.